The third kappa shape index (κ3) is 5.24. The van der Waals surface area contributed by atoms with Crippen LogP contribution in [0.5, 0.6) is 5.75 Å². The van der Waals surface area contributed by atoms with Crippen LogP contribution in [0.4, 0.5) is 8.78 Å². The number of fused-ring (bicyclic) bond motifs is 1. The average Bonchev–Trinajstić information content (AvgIpc) is 2.70. The van der Waals surface area contributed by atoms with Gasteiger partial charge >= 0.3 is 6.61 Å². The average molecular weight is 389 g/mol. The van der Waals surface area contributed by atoms with Crippen molar-refractivity contribution in [1.82, 2.24) is 0 Å². The Kier molecular flexibility index (Phi) is 7.70. The summed E-state index contributed by atoms with van der Waals surface area (Å²) in [5.74, 6) is 1.85. The minimum atomic E-state index is -2.79. The Bertz CT molecular complexity index is 748. The Hall–Kier alpha value is -1.64. The molecule has 0 spiro atoms. The van der Waals surface area contributed by atoms with Crippen LogP contribution in [0.1, 0.15) is 88.7 Å². The molecule has 1 aliphatic carbocycles. The SMILES string of the molecule is CCCCCC1CCC(c2ccc3c(OC(F)F)c(CCC)ccc3c2)CC1. The summed E-state index contributed by atoms with van der Waals surface area (Å²) in [6.07, 6.45) is 12.2. The summed E-state index contributed by atoms with van der Waals surface area (Å²) in [7, 11) is 0. The van der Waals surface area contributed by atoms with Gasteiger partial charge in [0, 0.05) is 5.39 Å². The van der Waals surface area contributed by atoms with Gasteiger partial charge < -0.3 is 4.74 Å². The van der Waals surface area contributed by atoms with Gasteiger partial charge in [-0.1, -0.05) is 76.3 Å². The van der Waals surface area contributed by atoms with E-state index in [4.69, 9.17) is 4.74 Å². The normalized spacial score (nSPS) is 20.0. The molecule has 1 aliphatic rings. The Morgan fingerprint density at radius 3 is 2.43 bits per heavy atom. The van der Waals surface area contributed by atoms with Crippen LogP contribution in [0.3, 0.4) is 0 Å². The highest BCUT2D eigenvalue weighted by atomic mass is 19.3. The fourth-order valence-corrected chi connectivity index (χ4v) is 4.78. The lowest BCUT2D eigenvalue weighted by molar-refractivity contribution is -0.0493. The summed E-state index contributed by atoms with van der Waals surface area (Å²) in [6.45, 7) is 1.53. The standard InChI is InChI=1S/C25H34F2O/c1-3-5-6-8-18-9-11-19(12-10-18)21-15-16-23-22(17-21)14-13-20(7-4-2)24(23)28-25(26)27/h13-19,25H,3-12H2,1-2H3. The highest BCUT2D eigenvalue weighted by molar-refractivity contribution is 5.90. The third-order valence-electron chi connectivity index (χ3n) is 6.34. The number of hydrogen-bond donors (Lipinski definition) is 0. The van der Waals surface area contributed by atoms with Gasteiger partial charge in [0.1, 0.15) is 5.75 Å². The van der Waals surface area contributed by atoms with Crippen LogP contribution in [-0.2, 0) is 6.42 Å². The smallest absolute Gasteiger partial charge is 0.387 e. The van der Waals surface area contributed by atoms with Crippen molar-refractivity contribution in [2.24, 2.45) is 5.92 Å². The zero-order valence-electron chi connectivity index (χ0n) is 17.4. The minimum absolute atomic E-state index is 0.362. The molecule has 1 nitrogen and oxygen atoms in total. The first-order valence-electron chi connectivity index (χ1n) is 11.1. The van der Waals surface area contributed by atoms with Crippen molar-refractivity contribution in [3.8, 4) is 5.75 Å². The van der Waals surface area contributed by atoms with Gasteiger partial charge in [-0.3, -0.25) is 0 Å². The predicted molar refractivity (Wildman–Crippen MR) is 113 cm³/mol. The second kappa shape index (κ2) is 10.2. The summed E-state index contributed by atoms with van der Waals surface area (Å²) >= 11 is 0. The number of aryl methyl sites for hydroxylation is 1. The van der Waals surface area contributed by atoms with E-state index in [9.17, 15) is 8.78 Å². The van der Waals surface area contributed by atoms with Crippen LogP contribution in [0.2, 0.25) is 0 Å². The Morgan fingerprint density at radius 2 is 1.75 bits per heavy atom. The van der Waals surface area contributed by atoms with Gasteiger partial charge in [0.15, 0.2) is 0 Å². The molecular weight excluding hydrogens is 354 g/mol. The number of hydrogen-bond acceptors (Lipinski definition) is 1. The van der Waals surface area contributed by atoms with Crippen molar-refractivity contribution in [2.75, 3.05) is 0 Å². The van der Waals surface area contributed by atoms with Crippen LogP contribution >= 0.6 is 0 Å². The summed E-state index contributed by atoms with van der Waals surface area (Å²) in [5, 5.41) is 1.82. The second-order valence-electron chi connectivity index (χ2n) is 8.38. The van der Waals surface area contributed by atoms with Gasteiger partial charge in [-0.05, 0) is 60.5 Å². The van der Waals surface area contributed by atoms with Crippen molar-refractivity contribution in [3.05, 3.63) is 41.5 Å². The van der Waals surface area contributed by atoms with E-state index in [0.717, 1.165) is 35.1 Å². The molecule has 3 rings (SSSR count). The first-order chi connectivity index (χ1) is 13.6. The van der Waals surface area contributed by atoms with Gasteiger partial charge in [-0.2, -0.15) is 8.78 Å². The first-order valence-corrected chi connectivity index (χ1v) is 11.1. The molecule has 0 aromatic heterocycles. The van der Waals surface area contributed by atoms with Crippen LogP contribution in [0.25, 0.3) is 10.8 Å². The zero-order chi connectivity index (χ0) is 19.9. The zero-order valence-corrected chi connectivity index (χ0v) is 17.4. The quantitative estimate of drug-likeness (QED) is 0.393. The van der Waals surface area contributed by atoms with Gasteiger partial charge in [0.05, 0.1) is 0 Å². The van der Waals surface area contributed by atoms with Crippen molar-refractivity contribution in [2.45, 2.75) is 90.6 Å². The van der Waals surface area contributed by atoms with E-state index in [1.54, 1.807) is 0 Å². The molecule has 2 aromatic carbocycles. The van der Waals surface area contributed by atoms with E-state index in [2.05, 4.69) is 32.0 Å². The van der Waals surface area contributed by atoms with E-state index in [1.165, 1.54) is 56.9 Å². The number of ether oxygens (including phenoxy) is 1. The maximum atomic E-state index is 13.0. The maximum absolute atomic E-state index is 13.0. The van der Waals surface area contributed by atoms with Crippen molar-refractivity contribution >= 4 is 10.8 Å². The van der Waals surface area contributed by atoms with E-state index >= 15 is 0 Å². The number of rotatable bonds is 9. The Balaban J connectivity index is 1.75. The highest BCUT2D eigenvalue weighted by Crippen LogP contribution is 2.40. The van der Waals surface area contributed by atoms with Crippen LogP contribution in [-0.4, -0.2) is 6.61 Å². The lowest BCUT2D eigenvalue weighted by atomic mass is 9.76. The molecule has 0 atom stereocenters. The van der Waals surface area contributed by atoms with E-state index in [1.807, 2.05) is 12.1 Å². The molecule has 0 saturated heterocycles. The molecule has 0 heterocycles. The first kappa shape index (κ1) is 21.1. The predicted octanol–water partition coefficient (Wildman–Crippen LogP) is 8.25. The lowest BCUT2D eigenvalue weighted by Gasteiger charge is -2.29. The monoisotopic (exact) mass is 388 g/mol. The number of unbranched alkanes of at least 4 members (excludes halogenated alkanes) is 2. The van der Waals surface area contributed by atoms with E-state index in [-0.39, 0.29) is 0 Å². The van der Waals surface area contributed by atoms with Crippen LogP contribution in [0, 0.1) is 5.92 Å². The molecule has 1 fully saturated rings. The van der Waals surface area contributed by atoms with Crippen LogP contribution < -0.4 is 4.74 Å². The molecule has 1 saturated carbocycles. The van der Waals surface area contributed by atoms with Crippen molar-refractivity contribution in [3.63, 3.8) is 0 Å². The largest absolute Gasteiger partial charge is 0.434 e. The number of halogens is 2. The molecule has 0 aliphatic heterocycles. The molecule has 3 heteroatoms. The highest BCUT2D eigenvalue weighted by Gasteiger charge is 2.23. The maximum Gasteiger partial charge on any atom is 0.387 e. The van der Waals surface area contributed by atoms with Gasteiger partial charge in [-0.25, -0.2) is 0 Å². The molecule has 0 N–H and O–H groups in total. The Morgan fingerprint density at radius 1 is 0.964 bits per heavy atom. The summed E-state index contributed by atoms with van der Waals surface area (Å²) < 4.78 is 30.9. The van der Waals surface area contributed by atoms with E-state index < -0.39 is 6.61 Å². The fourth-order valence-electron chi connectivity index (χ4n) is 4.78. The second-order valence-corrected chi connectivity index (χ2v) is 8.38. The van der Waals surface area contributed by atoms with Crippen molar-refractivity contribution < 1.29 is 13.5 Å². The third-order valence-corrected chi connectivity index (χ3v) is 6.34. The van der Waals surface area contributed by atoms with Gasteiger partial charge in [-0.15, -0.1) is 0 Å². The topological polar surface area (TPSA) is 9.23 Å². The minimum Gasteiger partial charge on any atom is -0.434 e. The van der Waals surface area contributed by atoms with Gasteiger partial charge in [0.25, 0.3) is 0 Å². The molecular formula is C25H34F2O. The fraction of sp³-hybridized carbons (Fsp3) is 0.600. The molecule has 154 valence electrons. The lowest BCUT2D eigenvalue weighted by Crippen LogP contribution is -2.13. The summed E-state index contributed by atoms with van der Waals surface area (Å²) in [5.41, 5.74) is 2.22. The molecule has 2 aromatic rings. The molecule has 0 amide bonds. The molecule has 0 radical (unpaired) electrons. The summed E-state index contributed by atoms with van der Waals surface area (Å²) in [6, 6.07) is 10.4. The number of alkyl halides is 2. The molecule has 0 unspecified atom stereocenters. The molecule has 0 bridgehead atoms. The van der Waals surface area contributed by atoms with E-state index in [0.29, 0.717) is 11.7 Å². The van der Waals surface area contributed by atoms with Crippen LogP contribution in [0.15, 0.2) is 30.3 Å². The number of benzene rings is 2. The molecule has 28 heavy (non-hydrogen) atoms. The Labute approximate surface area is 168 Å². The van der Waals surface area contributed by atoms with Gasteiger partial charge in [0.2, 0.25) is 0 Å². The van der Waals surface area contributed by atoms with Crippen molar-refractivity contribution in [1.29, 1.82) is 0 Å². The summed E-state index contributed by atoms with van der Waals surface area (Å²) in [4.78, 5) is 0.